The lowest BCUT2D eigenvalue weighted by molar-refractivity contribution is -0.181. The van der Waals surface area contributed by atoms with Crippen molar-refractivity contribution < 1.29 is 39.5 Å². The third kappa shape index (κ3) is 3.93. The van der Waals surface area contributed by atoms with Crippen molar-refractivity contribution in [3.8, 4) is 0 Å². The second kappa shape index (κ2) is 5.92. The highest BCUT2D eigenvalue weighted by molar-refractivity contribution is 5.90. The van der Waals surface area contributed by atoms with E-state index in [9.17, 15) is 19.8 Å². The molecule has 1 aliphatic rings. The quantitative estimate of drug-likeness (QED) is 0.321. The van der Waals surface area contributed by atoms with E-state index in [2.05, 4.69) is 4.74 Å². The highest BCUT2D eigenvalue weighted by atomic mass is 16.6. The molecule has 0 aromatic rings. The van der Waals surface area contributed by atoms with Gasteiger partial charge >= 0.3 is 11.9 Å². The minimum absolute atomic E-state index is 0.409. The lowest BCUT2D eigenvalue weighted by Gasteiger charge is -2.34. The van der Waals surface area contributed by atoms with Gasteiger partial charge in [0.2, 0.25) is 0 Å². The van der Waals surface area contributed by atoms with Crippen molar-refractivity contribution in [3.63, 3.8) is 0 Å². The maximum Gasteiger partial charge on any atom is 0.317 e. The Hall–Kier alpha value is -1.22. The molecule has 4 atom stereocenters. The molecule has 1 fully saturated rings. The summed E-state index contributed by atoms with van der Waals surface area (Å²) in [5, 5.41) is 36.1. The Morgan fingerprint density at radius 3 is 2.47 bits per heavy atom. The van der Waals surface area contributed by atoms with E-state index in [1.807, 2.05) is 0 Å². The number of hydrogen-bond donors (Lipinski definition) is 4. The highest BCUT2D eigenvalue weighted by Crippen LogP contribution is 2.18. The van der Waals surface area contributed by atoms with Crippen molar-refractivity contribution in [3.05, 3.63) is 6.61 Å². The standard InChI is InChI=1S/C9H13O8/c10-4-2-16-5(9(15)8(4)14)3-17-7(13)1-6(11)12/h2,4-5,8-10,14-15H,1,3H2,(H,11,12)/t4-,5+,8+,9+/m0/s1. The largest absolute Gasteiger partial charge is 0.481 e. The molecule has 0 aromatic heterocycles. The first kappa shape index (κ1) is 13.8. The van der Waals surface area contributed by atoms with E-state index < -0.39 is 49.4 Å². The molecule has 8 heteroatoms. The molecule has 1 radical (unpaired) electrons. The first-order valence-electron chi connectivity index (χ1n) is 4.82. The molecule has 0 amide bonds. The second-order valence-corrected chi connectivity index (χ2v) is 3.54. The van der Waals surface area contributed by atoms with Crippen LogP contribution in [0.5, 0.6) is 0 Å². The number of carbonyl (C=O) groups excluding carboxylic acids is 1. The van der Waals surface area contributed by atoms with Crippen LogP contribution < -0.4 is 0 Å². The number of rotatable bonds is 4. The lowest BCUT2D eigenvalue weighted by Crippen LogP contribution is -2.52. The summed E-state index contributed by atoms with van der Waals surface area (Å²) in [6, 6.07) is 0. The van der Waals surface area contributed by atoms with Gasteiger partial charge in [-0.15, -0.1) is 0 Å². The molecule has 0 aromatic carbocycles. The van der Waals surface area contributed by atoms with Gasteiger partial charge in [-0.2, -0.15) is 0 Å². The number of carboxylic acids is 1. The van der Waals surface area contributed by atoms with Gasteiger partial charge in [-0.3, -0.25) is 9.59 Å². The fourth-order valence-corrected chi connectivity index (χ4v) is 1.25. The predicted octanol–water partition coefficient (Wildman–Crippen LogP) is -2.35. The van der Waals surface area contributed by atoms with Crippen LogP contribution in [0.4, 0.5) is 0 Å². The summed E-state index contributed by atoms with van der Waals surface area (Å²) in [5.74, 6) is -2.31. The highest BCUT2D eigenvalue weighted by Gasteiger charge is 2.38. The molecule has 0 spiro atoms. The van der Waals surface area contributed by atoms with Gasteiger partial charge in [-0.25, -0.2) is 0 Å². The molecule has 1 heterocycles. The molecule has 1 aliphatic heterocycles. The smallest absolute Gasteiger partial charge is 0.317 e. The molecule has 0 saturated carbocycles. The van der Waals surface area contributed by atoms with Gasteiger partial charge < -0.3 is 29.9 Å². The molecule has 1 rings (SSSR count). The van der Waals surface area contributed by atoms with Crippen LogP contribution in [0.3, 0.4) is 0 Å². The summed E-state index contributed by atoms with van der Waals surface area (Å²) in [6.07, 6.45) is -6.01. The topological polar surface area (TPSA) is 134 Å². The Balaban J connectivity index is 2.37. The summed E-state index contributed by atoms with van der Waals surface area (Å²) < 4.78 is 9.35. The molecule has 0 aliphatic carbocycles. The van der Waals surface area contributed by atoms with Crippen LogP contribution in [0, 0.1) is 6.61 Å². The van der Waals surface area contributed by atoms with E-state index in [0.29, 0.717) is 0 Å². The average Bonchev–Trinajstić information content (AvgIpc) is 2.24. The van der Waals surface area contributed by atoms with Crippen LogP contribution in [0.15, 0.2) is 0 Å². The van der Waals surface area contributed by atoms with Gasteiger partial charge in [0.05, 0.1) is 0 Å². The summed E-state index contributed by atoms with van der Waals surface area (Å²) >= 11 is 0. The Bertz CT molecular complexity index is 291. The number of esters is 1. The van der Waals surface area contributed by atoms with Crippen molar-refractivity contribution >= 4 is 11.9 Å². The molecule has 8 nitrogen and oxygen atoms in total. The predicted molar refractivity (Wildman–Crippen MR) is 50.4 cm³/mol. The number of carboxylic acid groups (broad SMARTS) is 1. The molecule has 97 valence electrons. The van der Waals surface area contributed by atoms with E-state index >= 15 is 0 Å². The van der Waals surface area contributed by atoms with Crippen LogP contribution in [-0.4, -0.2) is 63.4 Å². The van der Waals surface area contributed by atoms with Crippen LogP contribution in [-0.2, 0) is 19.1 Å². The van der Waals surface area contributed by atoms with E-state index in [4.69, 9.17) is 14.9 Å². The Kier molecular flexibility index (Phi) is 4.82. The minimum atomic E-state index is -1.44. The third-order valence-corrected chi connectivity index (χ3v) is 2.18. The van der Waals surface area contributed by atoms with Gasteiger partial charge in [-0.1, -0.05) is 0 Å². The van der Waals surface area contributed by atoms with Crippen molar-refractivity contribution in [2.24, 2.45) is 0 Å². The van der Waals surface area contributed by atoms with Gasteiger partial charge in [0.15, 0.2) is 0 Å². The number of aliphatic carboxylic acids is 1. The molecule has 17 heavy (non-hydrogen) atoms. The van der Waals surface area contributed by atoms with Crippen molar-refractivity contribution in [1.29, 1.82) is 0 Å². The van der Waals surface area contributed by atoms with Gasteiger partial charge in [0, 0.05) is 0 Å². The van der Waals surface area contributed by atoms with Gasteiger partial charge in [0.1, 0.15) is 44.1 Å². The Morgan fingerprint density at radius 1 is 1.24 bits per heavy atom. The fraction of sp³-hybridized carbons (Fsp3) is 0.667. The van der Waals surface area contributed by atoms with Crippen molar-refractivity contribution in [2.75, 3.05) is 6.61 Å². The Morgan fingerprint density at radius 2 is 1.88 bits per heavy atom. The zero-order chi connectivity index (χ0) is 13.0. The molecular formula is C9H13O8. The van der Waals surface area contributed by atoms with Crippen molar-refractivity contribution in [2.45, 2.75) is 30.8 Å². The monoisotopic (exact) mass is 249 g/mol. The van der Waals surface area contributed by atoms with Crippen molar-refractivity contribution in [1.82, 2.24) is 0 Å². The molecule has 1 saturated heterocycles. The zero-order valence-electron chi connectivity index (χ0n) is 8.72. The van der Waals surface area contributed by atoms with Crippen LogP contribution >= 0.6 is 0 Å². The molecule has 0 bridgehead atoms. The van der Waals surface area contributed by atoms with Gasteiger partial charge in [0.25, 0.3) is 0 Å². The SMILES string of the molecule is O=C(O)CC(=O)OC[C@H]1O[CH][C@H](O)[C@@H](O)[C@@H]1O. The maximum atomic E-state index is 10.9. The number of aliphatic hydroxyl groups excluding tert-OH is 3. The minimum Gasteiger partial charge on any atom is -0.481 e. The van der Waals surface area contributed by atoms with E-state index in [1.54, 1.807) is 0 Å². The van der Waals surface area contributed by atoms with E-state index in [-0.39, 0.29) is 0 Å². The normalized spacial score (nSPS) is 33.1. The number of ether oxygens (including phenoxy) is 2. The first-order valence-corrected chi connectivity index (χ1v) is 4.82. The van der Waals surface area contributed by atoms with E-state index in [1.165, 1.54) is 0 Å². The molecule has 0 unspecified atom stereocenters. The third-order valence-electron chi connectivity index (χ3n) is 2.18. The summed E-state index contributed by atoms with van der Waals surface area (Å²) in [5.41, 5.74) is 0. The summed E-state index contributed by atoms with van der Waals surface area (Å²) in [7, 11) is 0. The first-order chi connectivity index (χ1) is 7.91. The number of carbonyl (C=O) groups is 2. The molecule has 4 N–H and O–H groups in total. The molecular weight excluding hydrogens is 236 g/mol. The second-order valence-electron chi connectivity index (χ2n) is 3.54. The lowest BCUT2D eigenvalue weighted by atomic mass is 10.0. The average molecular weight is 249 g/mol. The number of hydrogen-bond acceptors (Lipinski definition) is 7. The van der Waals surface area contributed by atoms with Crippen LogP contribution in [0.2, 0.25) is 0 Å². The van der Waals surface area contributed by atoms with E-state index in [0.717, 1.165) is 6.61 Å². The zero-order valence-corrected chi connectivity index (χ0v) is 8.72. The number of aliphatic hydroxyl groups is 3. The maximum absolute atomic E-state index is 10.9. The Labute approximate surface area is 96.4 Å². The van der Waals surface area contributed by atoms with Gasteiger partial charge in [-0.05, 0) is 0 Å². The summed E-state index contributed by atoms with van der Waals surface area (Å²) in [6.45, 7) is 0.501. The summed E-state index contributed by atoms with van der Waals surface area (Å²) in [4.78, 5) is 21.0. The van der Waals surface area contributed by atoms with Crippen LogP contribution in [0.1, 0.15) is 6.42 Å². The fourth-order valence-electron chi connectivity index (χ4n) is 1.25. The van der Waals surface area contributed by atoms with Crippen LogP contribution in [0.25, 0.3) is 0 Å².